The zero-order valence-corrected chi connectivity index (χ0v) is 13.7. The van der Waals surface area contributed by atoms with Gasteiger partial charge in [-0.25, -0.2) is 4.79 Å². The van der Waals surface area contributed by atoms with Gasteiger partial charge < -0.3 is 19.2 Å². The summed E-state index contributed by atoms with van der Waals surface area (Å²) in [6.45, 7) is 2.97. The summed E-state index contributed by atoms with van der Waals surface area (Å²) in [5.41, 5.74) is 0.787. The molecule has 0 spiro atoms. The first-order valence-electron chi connectivity index (χ1n) is 6.78. The Morgan fingerprint density at radius 2 is 2.00 bits per heavy atom. The van der Waals surface area contributed by atoms with E-state index in [1.807, 2.05) is 0 Å². The molecule has 0 atom stereocenters. The van der Waals surface area contributed by atoms with E-state index < -0.39 is 18.5 Å². The van der Waals surface area contributed by atoms with Crippen molar-refractivity contribution in [2.45, 2.75) is 13.8 Å². The summed E-state index contributed by atoms with van der Waals surface area (Å²) >= 11 is 5.97. The van der Waals surface area contributed by atoms with Crippen LogP contribution in [0.25, 0.3) is 0 Å². The molecule has 0 saturated heterocycles. The lowest BCUT2D eigenvalue weighted by molar-refractivity contribution is -0.119. The molecular weight excluding hydrogens is 322 g/mol. The zero-order valence-electron chi connectivity index (χ0n) is 12.9. The van der Waals surface area contributed by atoms with E-state index in [2.05, 4.69) is 5.32 Å². The highest BCUT2D eigenvalue weighted by Crippen LogP contribution is 2.27. The third-order valence-electron chi connectivity index (χ3n) is 3.03. The predicted octanol–water partition coefficient (Wildman–Crippen LogP) is 3.35. The third-order valence-corrected chi connectivity index (χ3v) is 3.33. The summed E-state index contributed by atoms with van der Waals surface area (Å²) in [5, 5.41) is 2.95. The van der Waals surface area contributed by atoms with E-state index in [1.165, 1.54) is 7.11 Å². The lowest BCUT2D eigenvalue weighted by atomic mass is 10.2. The largest absolute Gasteiger partial charge is 0.495 e. The number of esters is 1. The van der Waals surface area contributed by atoms with Crippen molar-refractivity contribution in [3.8, 4) is 5.75 Å². The van der Waals surface area contributed by atoms with Gasteiger partial charge in [0.1, 0.15) is 22.8 Å². The Balaban J connectivity index is 1.91. The molecule has 1 amide bonds. The van der Waals surface area contributed by atoms with Gasteiger partial charge in [0.05, 0.1) is 12.1 Å². The highest BCUT2D eigenvalue weighted by atomic mass is 35.5. The number of halogens is 1. The number of aryl methyl sites for hydroxylation is 2. The fourth-order valence-electron chi connectivity index (χ4n) is 1.98. The van der Waals surface area contributed by atoms with Crippen molar-refractivity contribution in [1.29, 1.82) is 0 Å². The molecule has 0 saturated carbocycles. The van der Waals surface area contributed by atoms with Crippen LogP contribution in [0.2, 0.25) is 5.02 Å². The molecule has 1 N–H and O–H groups in total. The molecule has 2 rings (SSSR count). The van der Waals surface area contributed by atoms with Gasteiger partial charge in [-0.05, 0) is 38.1 Å². The molecule has 23 heavy (non-hydrogen) atoms. The van der Waals surface area contributed by atoms with Crippen LogP contribution >= 0.6 is 11.6 Å². The molecular formula is C16H16ClNO5. The lowest BCUT2D eigenvalue weighted by Gasteiger charge is -2.08. The lowest BCUT2D eigenvalue weighted by Crippen LogP contribution is -2.21. The standard InChI is InChI=1S/C16H16ClNO5/c1-9-6-12(10(2)23-9)16(20)22-8-15(19)18-11-4-5-14(21-3)13(17)7-11/h4-7H,8H2,1-3H3,(H,18,19). The van der Waals surface area contributed by atoms with Crippen LogP contribution in [-0.4, -0.2) is 25.6 Å². The molecule has 0 aliphatic heterocycles. The van der Waals surface area contributed by atoms with Gasteiger partial charge in [0.15, 0.2) is 6.61 Å². The molecule has 1 aromatic heterocycles. The highest BCUT2D eigenvalue weighted by molar-refractivity contribution is 6.32. The van der Waals surface area contributed by atoms with Gasteiger partial charge in [0.2, 0.25) is 0 Å². The molecule has 0 radical (unpaired) electrons. The molecule has 2 aromatic rings. The topological polar surface area (TPSA) is 77.8 Å². The number of hydrogen-bond acceptors (Lipinski definition) is 5. The first kappa shape index (κ1) is 16.9. The zero-order chi connectivity index (χ0) is 17.0. The van der Waals surface area contributed by atoms with Gasteiger partial charge in [0, 0.05) is 5.69 Å². The number of rotatable bonds is 5. The SMILES string of the molecule is COc1ccc(NC(=O)COC(=O)c2cc(C)oc2C)cc1Cl. The Labute approximate surface area is 138 Å². The Morgan fingerprint density at radius 1 is 1.26 bits per heavy atom. The number of carbonyl (C=O) groups excluding carboxylic acids is 2. The second-order valence-electron chi connectivity index (χ2n) is 4.80. The van der Waals surface area contributed by atoms with Gasteiger partial charge in [-0.1, -0.05) is 11.6 Å². The monoisotopic (exact) mass is 337 g/mol. The summed E-state index contributed by atoms with van der Waals surface area (Å²) in [5.74, 6) is 0.475. The minimum atomic E-state index is -0.609. The van der Waals surface area contributed by atoms with Crippen LogP contribution in [0.5, 0.6) is 5.75 Å². The average Bonchev–Trinajstić information content (AvgIpc) is 2.84. The van der Waals surface area contributed by atoms with Crippen molar-refractivity contribution < 1.29 is 23.5 Å². The fourth-order valence-corrected chi connectivity index (χ4v) is 2.24. The van der Waals surface area contributed by atoms with Crippen LogP contribution in [0.1, 0.15) is 21.9 Å². The Morgan fingerprint density at radius 3 is 2.57 bits per heavy atom. The minimum absolute atomic E-state index is 0.308. The molecule has 0 unspecified atom stereocenters. The second-order valence-corrected chi connectivity index (χ2v) is 5.21. The molecule has 1 aromatic carbocycles. The summed E-state index contributed by atoms with van der Waals surface area (Å²) < 4.78 is 15.2. The van der Waals surface area contributed by atoms with Crippen molar-refractivity contribution in [1.82, 2.24) is 0 Å². The first-order chi connectivity index (χ1) is 10.9. The van der Waals surface area contributed by atoms with Gasteiger partial charge in [-0.2, -0.15) is 0 Å². The molecule has 0 bridgehead atoms. The average molecular weight is 338 g/mol. The summed E-state index contributed by atoms with van der Waals surface area (Å²) in [6.07, 6.45) is 0. The molecule has 6 nitrogen and oxygen atoms in total. The number of furan rings is 1. The van der Waals surface area contributed by atoms with Crippen molar-refractivity contribution in [2.75, 3.05) is 19.0 Å². The smallest absolute Gasteiger partial charge is 0.342 e. The Hall–Kier alpha value is -2.47. The van der Waals surface area contributed by atoms with Crippen LogP contribution in [0.3, 0.4) is 0 Å². The number of benzene rings is 1. The molecule has 7 heteroatoms. The molecule has 122 valence electrons. The van der Waals surface area contributed by atoms with Gasteiger partial charge >= 0.3 is 5.97 Å². The van der Waals surface area contributed by atoms with Crippen molar-refractivity contribution in [2.24, 2.45) is 0 Å². The molecule has 0 fully saturated rings. The number of ether oxygens (including phenoxy) is 2. The van der Waals surface area contributed by atoms with Crippen LogP contribution in [0.4, 0.5) is 5.69 Å². The highest BCUT2D eigenvalue weighted by Gasteiger charge is 2.16. The molecule has 0 aliphatic carbocycles. The maximum absolute atomic E-state index is 11.9. The maximum atomic E-state index is 11.9. The maximum Gasteiger partial charge on any atom is 0.342 e. The Kier molecular flexibility index (Phi) is 5.28. The summed E-state index contributed by atoms with van der Waals surface area (Å²) in [4.78, 5) is 23.7. The van der Waals surface area contributed by atoms with E-state index in [1.54, 1.807) is 38.1 Å². The van der Waals surface area contributed by atoms with Crippen molar-refractivity contribution in [3.05, 3.63) is 46.4 Å². The van der Waals surface area contributed by atoms with E-state index in [-0.39, 0.29) is 0 Å². The van der Waals surface area contributed by atoms with Crippen LogP contribution in [0, 0.1) is 13.8 Å². The molecule has 0 aliphatic rings. The predicted molar refractivity (Wildman–Crippen MR) is 85.1 cm³/mol. The number of anilines is 1. The van der Waals surface area contributed by atoms with Crippen LogP contribution < -0.4 is 10.1 Å². The number of nitrogens with one attached hydrogen (secondary N) is 1. The van der Waals surface area contributed by atoms with E-state index >= 15 is 0 Å². The second kappa shape index (κ2) is 7.19. The van der Waals surface area contributed by atoms with Crippen LogP contribution in [-0.2, 0) is 9.53 Å². The number of methoxy groups -OCH3 is 1. The van der Waals surface area contributed by atoms with E-state index in [9.17, 15) is 9.59 Å². The number of hydrogen-bond donors (Lipinski definition) is 1. The van der Waals surface area contributed by atoms with E-state index in [4.69, 9.17) is 25.5 Å². The van der Waals surface area contributed by atoms with Crippen molar-refractivity contribution >= 4 is 29.2 Å². The van der Waals surface area contributed by atoms with Crippen molar-refractivity contribution in [3.63, 3.8) is 0 Å². The summed E-state index contributed by atoms with van der Waals surface area (Å²) in [7, 11) is 1.50. The number of amides is 1. The van der Waals surface area contributed by atoms with Gasteiger partial charge in [-0.15, -0.1) is 0 Å². The van der Waals surface area contributed by atoms with Crippen LogP contribution in [0.15, 0.2) is 28.7 Å². The minimum Gasteiger partial charge on any atom is -0.495 e. The Bertz CT molecular complexity index is 738. The normalized spacial score (nSPS) is 10.3. The fraction of sp³-hybridized carbons (Fsp3) is 0.250. The quantitative estimate of drug-likeness (QED) is 0.846. The van der Waals surface area contributed by atoms with E-state index in [0.717, 1.165) is 0 Å². The molecule has 1 heterocycles. The third kappa shape index (κ3) is 4.26. The van der Waals surface area contributed by atoms with Gasteiger partial charge in [-0.3, -0.25) is 4.79 Å². The van der Waals surface area contributed by atoms with E-state index in [0.29, 0.717) is 33.5 Å². The first-order valence-corrected chi connectivity index (χ1v) is 7.16. The number of carbonyl (C=O) groups is 2. The summed E-state index contributed by atoms with van der Waals surface area (Å²) in [6, 6.07) is 6.37. The van der Waals surface area contributed by atoms with Gasteiger partial charge in [0.25, 0.3) is 5.91 Å².